The normalized spacial score (nSPS) is 9.62. The molecule has 1 aromatic heterocycles. The topological polar surface area (TPSA) is 12.9 Å². The lowest BCUT2D eigenvalue weighted by Crippen LogP contribution is -1.77. The van der Waals surface area contributed by atoms with Crippen LogP contribution in [-0.4, -0.2) is 10.7 Å². The van der Waals surface area contributed by atoms with Crippen LogP contribution in [0.1, 0.15) is 4.88 Å². The number of hydrogen-bond acceptors (Lipinski definition) is 3. The summed E-state index contributed by atoms with van der Waals surface area (Å²) in [6.45, 7) is 0. The highest BCUT2D eigenvalue weighted by Gasteiger charge is 1.88. The molecule has 0 aliphatic heterocycles. The minimum Gasteiger partial charge on any atom is -0.253 e. The highest BCUT2D eigenvalue weighted by molar-refractivity contribution is 7.80. The molecule has 0 saturated heterocycles. The molecule has 0 bridgehead atoms. The lowest BCUT2D eigenvalue weighted by Gasteiger charge is -1.83. The predicted molar refractivity (Wildman–Crippen MR) is 39.7 cm³/mol. The molecule has 0 fully saturated rings. The van der Waals surface area contributed by atoms with Crippen molar-refractivity contribution in [2.24, 2.45) is 0 Å². The summed E-state index contributed by atoms with van der Waals surface area (Å²) in [6.07, 6.45) is 2.94. The van der Waals surface area contributed by atoms with Crippen LogP contribution in [0.3, 0.4) is 0 Å². The number of aryl methyl sites for hydroxylation is 1. The van der Waals surface area contributed by atoms with E-state index >= 15 is 0 Å². The van der Waals surface area contributed by atoms with Crippen LogP contribution < -0.4 is 0 Å². The Bertz CT molecular complexity index is 136. The highest BCUT2D eigenvalue weighted by Crippen LogP contribution is 2.05. The van der Waals surface area contributed by atoms with Crippen LogP contribution >= 0.6 is 24.0 Å². The molecule has 0 saturated carbocycles. The molecular weight excluding hydrogens is 138 g/mol. The fourth-order valence-electron chi connectivity index (χ4n) is 0.476. The van der Waals surface area contributed by atoms with Gasteiger partial charge in [-0.15, -0.1) is 11.3 Å². The monoisotopic (exact) mass is 145 g/mol. The van der Waals surface area contributed by atoms with Gasteiger partial charge in [-0.05, 0) is 12.2 Å². The van der Waals surface area contributed by atoms with Crippen molar-refractivity contribution in [3.63, 3.8) is 0 Å². The van der Waals surface area contributed by atoms with E-state index in [1.807, 2.05) is 11.7 Å². The summed E-state index contributed by atoms with van der Waals surface area (Å²) in [4.78, 5) is 5.24. The molecule has 0 unspecified atom stereocenters. The van der Waals surface area contributed by atoms with Crippen LogP contribution in [0.25, 0.3) is 0 Å². The van der Waals surface area contributed by atoms with Gasteiger partial charge in [0.15, 0.2) is 0 Å². The van der Waals surface area contributed by atoms with Gasteiger partial charge < -0.3 is 0 Å². The van der Waals surface area contributed by atoms with E-state index in [1.165, 1.54) is 4.88 Å². The number of rotatable bonds is 2. The number of thiol groups is 1. The zero-order valence-corrected chi connectivity index (χ0v) is 6.08. The van der Waals surface area contributed by atoms with Gasteiger partial charge in [0.25, 0.3) is 0 Å². The van der Waals surface area contributed by atoms with Crippen molar-refractivity contribution in [2.45, 2.75) is 6.42 Å². The molecule has 3 heteroatoms. The largest absolute Gasteiger partial charge is 0.253 e. The van der Waals surface area contributed by atoms with Crippen LogP contribution in [0.2, 0.25) is 0 Å². The van der Waals surface area contributed by atoms with E-state index in [9.17, 15) is 0 Å². The Morgan fingerprint density at radius 2 is 2.62 bits per heavy atom. The van der Waals surface area contributed by atoms with Crippen molar-refractivity contribution < 1.29 is 0 Å². The molecule has 44 valence electrons. The van der Waals surface area contributed by atoms with Crippen molar-refractivity contribution in [1.29, 1.82) is 0 Å². The summed E-state index contributed by atoms with van der Waals surface area (Å²) in [5.74, 6) is 0.919. The van der Waals surface area contributed by atoms with Crippen LogP contribution in [0.15, 0.2) is 11.7 Å². The van der Waals surface area contributed by atoms with Crippen molar-refractivity contribution >= 4 is 24.0 Å². The fraction of sp³-hybridized carbons (Fsp3) is 0.400. The number of nitrogens with zero attached hydrogens (tertiary/aromatic N) is 1. The Morgan fingerprint density at radius 1 is 1.75 bits per heavy atom. The molecular formula is C5H7NS2. The summed E-state index contributed by atoms with van der Waals surface area (Å²) >= 11 is 5.77. The molecule has 1 nitrogen and oxygen atoms in total. The standard InChI is InChI=1S/C5H7NS2/c7-2-1-5-3-6-4-8-5/h3-4,7H,1-2H2. The summed E-state index contributed by atoms with van der Waals surface area (Å²) in [5, 5.41) is 0. The molecule has 1 aromatic rings. The van der Waals surface area contributed by atoms with E-state index < -0.39 is 0 Å². The van der Waals surface area contributed by atoms with E-state index in [4.69, 9.17) is 0 Å². The predicted octanol–water partition coefficient (Wildman–Crippen LogP) is 1.62. The average molecular weight is 145 g/mol. The van der Waals surface area contributed by atoms with Gasteiger partial charge in [0.2, 0.25) is 0 Å². The van der Waals surface area contributed by atoms with E-state index in [2.05, 4.69) is 17.6 Å². The smallest absolute Gasteiger partial charge is 0.0794 e. The van der Waals surface area contributed by atoms with Gasteiger partial charge in [-0.1, -0.05) is 0 Å². The van der Waals surface area contributed by atoms with Gasteiger partial charge in [-0.3, -0.25) is 4.98 Å². The first-order chi connectivity index (χ1) is 3.93. The quantitative estimate of drug-likeness (QED) is 0.624. The van der Waals surface area contributed by atoms with Gasteiger partial charge >= 0.3 is 0 Å². The minimum atomic E-state index is 0.919. The van der Waals surface area contributed by atoms with Crippen LogP contribution in [0.4, 0.5) is 0 Å². The lowest BCUT2D eigenvalue weighted by atomic mass is 10.4. The fourth-order valence-corrected chi connectivity index (χ4v) is 1.47. The van der Waals surface area contributed by atoms with Crippen LogP contribution in [0, 0.1) is 0 Å². The summed E-state index contributed by atoms with van der Waals surface area (Å²) in [5.41, 5.74) is 1.85. The third-order valence-corrected chi connectivity index (χ3v) is 1.90. The van der Waals surface area contributed by atoms with Gasteiger partial charge in [0.05, 0.1) is 5.51 Å². The van der Waals surface area contributed by atoms with E-state index in [1.54, 1.807) is 11.3 Å². The number of thiazole rings is 1. The second-order valence-corrected chi connectivity index (χ2v) is 2.86. The van der Waals surface area contributed by atoms with E-state index in [0.717, 1.165) is 12.2 Å². The Labute approximate surface area is 58.2 Å². The Hall–Kier alpha value is -0.0200. The Balaban J connectivity index is 2.50. The molecule has 8 heavy (non-hydrogen) atoms. The van der Waals surface area contributed by atoms with Crippen molar-refractivity contribution in [1.82, 2.24) is 4.98 Å². The first-order valence-corrected chi connectivity index (χ1v) is 3.93. The zero-order chi connectivity index (χ0) is 5.82. The summed E-state index contributed by atoms with van der Waals surface area (Å²) < 4.78 is 0. The Kier molecular flexibility index (Phi) is 2.36. The van der Waals surface area contributed by atoms with Gasteiger partial charge in [-0.25, -0.2) is 0 Å². The van der Waals surface area contributed by atoms with Crippen molar-refractivity contribution in [2.75, 3.05) is 5.75 Å². The van der Waals surface area contributed by atoms with Crippen molar-refractivity contribution in [3.8, 4) is 0 Å². The Morgan fingerprint density at radius 3 is 3.12 bits per heavy atom. The van der Waals surface area contributed by atoms with E-state index in [-0.39, 0.29) is 0 Å². The maximum Gasteiger partial charge on any atom is 0.0794 e. The zero-order valence-electron chi connectivity index (χ0n) is 4.37. The molecule has 0 atom stereocenters. The van der Waals surface area contributed by atoms with Gasteiger partial charge in [0.1, 0.15) is 0 Å². The van der Waals surface area contributed by atoms with E-state index in [0.29, 0.717) is 0 Å². The first-order valence-electron chi connectivity index (χ1n) is 2.41. The SMILES string of the molecule is SCCc1cncs1. The molecule has 0 spiro atoms. The van der Waals surface area contributed by atoms with Crippen molar-refractivity contribution in [3.05, 3.63) is 16.6 Å². The molecule has 0 amide bonds. The first kappa shape index (κ1) is 6.11. The minimum absolute atomic E-state index is 0.919. The lowest BCUT2D eigenvalue weighted by molar-refractivity contribution is 1.19. The molecule has 0 aromatic carbocycles. The van der Waals surface area contributed by atoms with Gasteiger partial charge in [-0.2, -0.15) is 12.6 Å². The molecule has 0 aliphatic rings. The van der Waals surface area contributed by atoms with Crippen LogP contribution in [-0.2, 0) is 6.42 Å². The number of aromatic nitrogens is 1. The number of hydrogen-bond donors (Lipinski definition) is 1. The molecule has 1 rings (SSSR count). The molecule has 1 heterocycles. The summed E-state index contributed by atoms with van der Waals surface area (Å²) in [6, 6.07) is 0. The second-order valence-electron chi connectivity index (χ2n) is 1.44. The maximum absolute atomic E-state index is 4.09. The van der Waals surface area contributed by atoms with Crippen LogP contribution in [0.5, 0.6) is 0 Å². The molecule has 0 radical (unpaired) electrons. The maximum atomic E-state index is 4.09. The summed E-state index contributed by atoms with van der Waals surface area (Å²) in [7, 11) is 0. The second kappa shape index (κ2) is 3.10. The highest BCUT2D eigenvalue weighted by atomic mass is 32.1. The van der Waals surface area contributed by atoms with Gasteiger partial charge in [0, 0.05) is 11.1 Å². The molecule has 0 N–H and O–H groups in total. The molecule has 0 aliphatic carbocycles. The third-order valence-electron chi connectivity index (χ3n) is 0.842. The third kappa shape index (κ3) is 1.49. The average Bonchev–Trinajstić information content (AvgIpc) is 2.19.